The van der Waals surface area contributed by atoms with Crippen molar-refractivity contribution in [1.29, 1.82) is 0 Å². The molecule has 4 nitrogen and oxygen atoms in total. The van der Waals surface area contributed by atoms with Crippen LogP contribution in [0.2, 0.25) is 0 Å². The molecule has 0 unspecified atom stereocenters. The predicted octanol–water partition coefficient (Wildman–Crippen LogP) is 2.51. The first-order valence-corrected chi connectivity index (χ1v) is 9.31. The van der Waals surface area contributed by atoms with Gasteiger partial charge in [-0.2, -0.15) is 0 Å². The van der Waals surface area contributed by atoms with E-state index in [1.165, 1.54) is 19.3 Å². The first kappa shape index (κ1) is 18.9. The molecule has 0 atom stereocenters. The molecule has 0 saturated carbocycles. The molecular formula is C14H32N2O2S. The molecule has 0 saturated heterocycles. The SMILES string of the molecule is CCCNCCS(=O)(=O)NCCCCCCC(C)C. The molecule has 0 aliphatic carbocycles. The molecule has 0 aliphatic rings. The Bertz CT molecular complexity index is 290. The van der Waals surface area contributed by atoms with Gasteiger partial charge in [-0.1, -0.05) is 46.5 Å². The van der Waals surface area contributed by atoms with Gasteiger partial charge < -0.3 is 5.32 Å². The zero-order valence-corrected chi connectivity index (χ0v) is 13.7. The lowest BCUT2D eigenvalue weighted by Crippen LogP contribution is -2.32. The summed E-state index contributed by atoms with van der Waals surface area (Å²) in [7, 11) is -3.08. The van der Waals surface area contributed by atoms with Gasteiger partial charge in [0.15, 0.2) is 0 Å². The van der Waals surface area contributed by atoms with Gasteiger partial charge in [-0.05, 0) is 25.3 Å². The molecule has 0 spiro atoms. The van der Waals surface area contributed by atoms with Crippen molar-refractivity contribution in [1.82, 2.24) is 10.0 Å². The number of hydrogen-bond acceptors (Lipinski definition) is 3. The average Bonchev–Trinajstić information content (AvgIpc) is 2.33. The lowest BCUT2D eigenvalue weighted by molar-refractivity contribution is 0.517. The monoisotopic (exact) mass is 292 g/mol. The molecule has 0 amide bonds. The first-order chi connectivity index (χ1) is 8.98. The van der Waals surface area contributed by atoms with Crippen LogP contribution in [0.1, 0.15) is 59.3 Å². The largest absolute Gasteiger partial charge is 0.316 e. The Hall–Kier alpha value is -0.130. The van der Waals surface area contributed by atoms with Crippen LogP contribution >= 0.6 is 0 Å². The van der Waals surface area contributed by atoms with E-state index in [2.05, 4.69) is 30.8 Å². The minimum Gasteiger partial charge on any atom is -0.316 e. The Kier molecular flexibility index (Phi) is 11.6. The highest BCUT2D eigenvalue weighted by molar-refractivity contribution is 7.89. The minimum absolute atomic E-state index is 0.181. The molecule has 0 aromatic rings. The number of hydrogen-bond donors (Lipinski definition) is 2. The highest BCUT2D eigenvalue weighted by Crippen LogP contribution is 2.08. The molecule has 0 rings (SSSR count). The van der Waals surface area contributed by atoms with Gasteiger partial charge in [0.1, 0.15) is 0 Å². The Balaban J connectivity index is 3.43. The van der Waals surface area contributed by atoms with Crippen molar-refractivity contribution in [2.75, 3.05) is 25.4 Å². The van der Waals surface area contributed by atoms with Crippen molar-refractivity contribution in [2.45, 2.75) is 59.3 Å². The number of rotatable bonds is 13. The van der Waals surface area contributed by atoms with E-state index in [1.807, 2.05) is 0 Å². The molecule has 0 aromatic heterocycles. The molecule has 0 heterocycles. The van der Waals surface area contributed by atoms with Gasteiger partial charge in [-0.3, -0.25) is 0 Å². The Morgan fingerprint density at radius 1 is 0.947 bits per heavy atom. The van der Waals surface area contributed by atoms with Crippen LogP contribution in [-0.2, 0) is 10.0 Å². The summed E-state index contributed by atoms with van der Waals surface area (Å²) in [6.07, 6.45) is 6.82. The van der Waals surface area contributed by atoms with E-state index in [4.69, 9.17) is 0 Å². The summed E-state index contributed by atoms with van der Waals surface area (Å²) in [5, 5.41) is 3.10. The van der Waals surface area contributed by atoms with Crippen LogP contribution in [0.15, 0.2) is 0 Å². The van der Waals surface area contributed by atoms with E-state index in [0.717, 1.165) is 31.7 Å². The van der Waals surface area contributed by atoms with Crippen molar-refractivity contribution in [3.8, 4) is 0 Å². The summed E-state index contributed by atoms with van der Waals surface area (Å²) in [6, 6.07) is 0. The third-order valence-corrected chi connectivity index (χ3v) is 4.39. The fourth-order valence-electron chi connectivity index (χ4n) is 1.84. The second-order valence-corrected chi connectivity index (χ2v) is 7.49. The van der Waals surface area contributed by atoms with Crippen molar-refractivity contribution in [3.63, 3.8) is 0 Å². The van der Waals surface area contributed by atoms with Gasteiger partial charge in [0.2, 0.25) is 10.0 Å². The van der Waals surface area contributed by atoms with E-state index in [1.54, 1.807) is 0 Å². The summed E-state index contributed by atoms with van der Waals surface area (Å²) in [5.41, 5.74) is 0. The highest BCUT2D eigenvalue weighted by Gasteiger charge is 2.08. The normalized spacial score (nSPS) is 12.2. The second-order valence-electron chi connectivity index (χ2n) is 5.56. The molecule has 0 fully saturated rings. The van der Waals surface area contributed by atoms with Gasteiger partial charge in [-0.25, -0.2) is 13.1 Å². The van der Waals surface area contributed by atoms with Crippen LogP contribution in [0.4, 0.5) is 0 Å². The van der Waals surface area contributed by atoms with Crippen LogP contribution in [-0.4, -0.2) is 33.8 Å². The molecule has 19 heavy (non-hydrogen) atoms. The summed E-state index contributed by atoms with van der Waals surface area (Å²) >= 11 is 0. The summed E-state index contributed by atoms with van der Waals surface area (Å²) < 4.78 is 25.9. The molecule has 0 aliphatic heterocycles. The standard InChI is InChI=1S/C14H32N2O2S/c1-4-10-15-12-13-19(17,18)16-11-8-6-5-7-9-14(2)3/h14-16H,4-13H2,1-3H3. The van der Waals surface area contributed by atoms with Gasteiger partial charge >= 0.3 is 0 Å². The van der Waals surface area contributed by atoms with Gasteiger partial charge in [0.25, 0.3) is 0 Å². The quantitative estimate of drug-likeness (QED) is 0.513. The average molecular weight is 292 g/mol. The lowest BCUT2D eigenvalue weighted by atomic mass is 10.0. The summed E-state index contributed by atoms with van der Waals surface area (Å²) in [6.45, 7) is 8.54. The molecule has 0 radical (unpaired) electrons. The maximum Gasteiger partial charge on any atom is 0.212 e. The van der Waals surface area contributed by atoms with E-state index in [0.29, 0.717) is 13.1 Å². The van der Waals surface area contributed by atoms with E-state index in [-0.39, 0.29) is 5.75 Å². The third-order valence-electron chi connectivity index (χ3n) is 3.00. The van der Waals surface area contributed by atoms with Crippen LogP contribution in [0.5, 0.6) is 0 Å². The second kappa shape index (κ2) is 11.7. The topological polar surface area (TPSA) is 58.2 Å². The fourth-order valence-corrected chi connectivity index (χ4v) is 2.85. The molecule has 0 aromatic carbocycles. The number of sulfonamides is 1. The molecular weight excluding hydrogens is 260 g/mol. The lowest BCUT2D eigenvalue weighted by Gasteiger charge is -2.07. The van der Waals surface area contributed by atoms with Gasteiger partial charge in [0.05, 0.1) is 5.75 Å². The van der Waals surface area contributed by atoms with Crippen molar-refractivity contribution < 1.29 is 8.42 Å². The minimum atomic E-state index is -3.08. The molecule has 2 N–H and O–H groups in total. The smallest absolute Gasteiger partial charge is 0.212 e. The Morgan fingerprint density at radius 3 is 2.26 bits per heavy atom. The van der Waals surface area contributed by atoms with Crippen LogP contribution < -0.4 is 10.0 Å². The maximum atomic E-state index is 11.6. The highest BCUT2D eigenvalue weighted by atomic mass is 32.2. The Morgan fingerprint density at radius 2 is 1.63 bits per heavy atom. The van der Waals surface area contributed by atoms with E-state index >= 15 is 0 Å². The summed E-state index contributed by atoms with van der Waals surface area (Å²) in [5.74, 6) is 0.953. The van der Waals surface area contributed by atoms with Crippen molar-refractivity contribution >= 4 is 10.0 Å². The first-order valence-electron chi connectivity index (χ1n) is 7.66. The maximum absolute atomic E-state index is 11.6. The third kappa shape index (κ3) is 14.1. The van der Waals surface area contributed by atoms with Crippen LogP contribution in [0, 0.1) is 5.92 Å². The molecule has 5 heteroatoms. The fraction of sp³-hybridized carbons (Fsp3) is 1.00. The zero-order chi connectivity index (χ0) is 14.6. The predicted molar refractivity (Wildman–Crippen MR) is 82.9 cm³/mol. The van der Waals surface area contributed by atoms with E-state index < -0.39 is 10.0 Å². The van der Waals surface area contributed by atoms with Crippen LogP contribution in [0.3, 0.4) is 0 Å². The Labute approximate surface area is 119 Å². The van der Waals surface area contributed by atoms with Crippen molar-refractivity contribution in [2.24, 2.45) is 5.92 Å². The van der Waals surface area contributed by atoms with E-state index in [9.17, 15) is 8.42 Å². The molecule has 116 valence electrons. The van der Waals surface area contributed by atoms with Crippen molar-refractivity contribution in [3.05, 3.63) is 0 Å². The number of unbranched alkanes of at least 4 members (excludes halogenated alkanes) is 3. The van der Waals surface area contributed by atoms with Crippen LogP contribution in [0.25, 0.3) is 0 Å². The molecule has 0 bridgehead atoms. The van der Waals surface area contributed by atoms with Gasteiger partial charge in [0, 0.05) is 13.1 Å². The zero-order valence-electron chi connectivity index (χ0n) is 12.9. The summed E-state index contributed by atoms with van der Waals surface area (Å²) in [4.78, 5) is 0. The van der Waals surface area contributed by atoms with Gasteiger partial charge in [-0.15, -0.1) is 0 Å². The number of nitrogens with one attached hydrogen (secondary N) is 2.